The maximum atomic E-state index is 13.2. The number of likely N-dealkylation sites (tertiary alicyclic amines) is 1. The third-order valence-electron chi connectivity index (χ3n) is 6.72. The molecule has 8 nitrogen and oxygen atoms in total. The largest absolute Gasteiger partial charge is 0.450 e. The number of para-hydroxylation sites is 1. The molecule has 2 saturated heterocycles. The van der Waals surface area contributed by atoms with Crippen molar-refractivity contribution in [1.29, 1.82) is 0 Å². The van der Waals surface area contributed by atoms with E-state index in [1.807, 2.05) is 43.9 Å². The second-order valence-corrected chi connectivity index (χ2v) is 8.88. The van der Waals surface area contributed by atoms with Crippen molar-refractivity contribution in [2.24, 2.45) is 0 Å². The number of furan rings is 1. The van der Waals surface area contributed by atoms with Gasteiger partial charge in [0, 0.05) is 49.2 Å². The quantitative estimate of drug-likeness (QED) is 0.611. The predicted octanol–water partition coefficient (Wildman–Crippen LogP) is 3.25. The van der Waals surface area contributed by atoms with Gasteiger partial charge in [0.05, 0.1) is 24.5 Å². The van der Waals surface area contributed by atoms with Gasteiger partial charge in [0.2, 0.25) is 0 Å². The highest BCUT2D eigenvalue weighted by Crippen LogP contribution is 2.31. The summed E-state index contributed by atoms with van der Waals surface area (Å²) in [5, 5.41) is 0.980. The first-order chi connectivity index (χ1) is 15.9. The molecule has 1 aromatic carbocycles. The molecule has 0 radical (unpaired) electrons. The number of morpholine rings is 1. The molecule has 8 heteroatoms. The lowest BCUT2D eigenvalue weighted by atomic mass is 10.1. The van der Waals surface area contributed by atoms with Crippen LogP contribution in [-0.4, -0.2) is 71.0 Å². The molecule has 172 valence electrons. The Bertz CT molecular complexity index is 1230. The molecule has 0 saturated carbocycles. The van der Waals surface area contributed by atoms with Gasteiger partial charge in [-0.3, -0.25) is 9.59 Å². The summed E-state index contributed by atoms with van der Waals surface area (Å²) in [6.07, 6.45) is 2.41. The van der Waals surface area contributed by atoms with Gasteiger partial charge in [-0.05, 0) is 32.8 Å². The number of ether oxygens (including phenoxy) is 1. The van der Waals surface area contributed by atoms with Gasteiger partial charge in [-0.1, -0.05) is 18.2 Å². The second kappa shape index (κ2) is 8.59. The summed E-state index contributed by atoms with van der Waals surface area (Å²) in [6.45, 7) is 9.19. The molecule has 33 heavy (non-hydrogen) atoms. The molecule has 5 rings (SSSR count). The van der Waals surface area contributed by atoms with Gasteiger partial charge >= 0.3 is 0 Å². The van der Waals surface area contributed by atoms with Crippen LogP contribution in [0.2, 0.25) is 0 Å². The normalized spacial score (nSPS) is 18.8. The van der Waals surface area contributed by atoms with Gasteiger partial charge < -0.3 is 19.0 Å². The van der Waals surface area contributed by atoms with Crippen molar-refractivity contribution in [3.8, 4) is 0 Å². The van der Waals surface area contributed by atoms with Crippen molar-refractivity contribution in [3.63, 3.8) is 0 Å². The Labute approximate surface area is 192 Å². The lowest BCUT2D eigenvalue weighted by Crippen LogP contribution is -2.41. The molecular formula is C25H28N4O4. The van der Waals surface area contributed by atoms with Crippen LogP contribution in [0, 0.1) is 20.8 Å². The number of aromatic nitrogens is 2. The van der Waals surface area contributed by atoms with Crippen molar-refractivity contribution >= 4 is 22.8 Å². The molecule has 0 unspecified atom stereocenters. The Morgan fingerprint density at radius 1 is 1.03 bits per heavy atom. The van der Waals surface area contributed by atoms with Crippen LogP contribution in [0.25, 0.3) is 11.0 Å². The molecule has 0 bridgehead atoms. The molecule has 3 aromatic rings. The topological polar surface area (TPSA) is 88.8 Å². The van der Waals surface area contributed by atoms with Crippen molar-refractivity contribution in [3.05, 3.63) is 58.4 Å². The SMILES string of the molecule is Cc1nc([C@@H]2CCN(C(=O)c3oc4c(C)cccc4c3C)C2)ncc1C(=O)N1CCOCC1. The molecule has 1 atom stereocenters. The Balaban J connectivity index is 1.31. The Hall–Kier alpha value is -3.26. The average Bonchev–Trinajstić information content (AvgIpc) is 3.45. The smallest absolute Gasteiger partial charge is 0.289 e. The van der Waals surface area contributed by atoms with Crippen LogP contribution in [0.3, 0.4) is 0 Å². The molecule has 0 aliphatic carbocycles. The number of aryl methyl sites for hydroxylation is 3. The zero-order chi connectivity index (χ0) is 23.1. The Morgan fingerprint density at radius 3 is 2.55 bits per heavy atom. The van der Waals surface area contributed by atoms with Crippen LogP contribution in [-0.2, 0) is 4.74 Å². The van der Waals surface area contributed by atoms with Gasteiger partial charge in [0.25, 0.3) is 11.8 Å². The average molecular weight is 449 g/mol. The van der Waals surface area contributed by atoms with Crippen molar-refractivity contribution in [2.45, 2.75) is 33.1 Å². The van der Waals surface area contributed by atoms with Crippen LogP contribution in [0.15, 0.2) is 28.8 Å². The van der Waals surface area contributed by atoms with E-state index in [9.17, 15) is 9.59 Å². The number of hydrogen-bond donors (Lipinski definition) is 0. The number of carbonyl (C=O) groups is 2. The Morgan fingerprint density at radius 2 is 1.82 bits per heavy atom. The van der Waals surface area contributed by atoms with Crippen LogP contribution < -0.4 is 0 Å². The zero-order valence-electron chi connectivity index (χ0n) is 19.3. The highest BCUT2D eigenvalue weighted by atomic mass is 16.5. The lowest BCUT2D eigenvalue weighted by molar-refractivity contribution is 0.0301. The highest BCUT2D eigenvalue weighted by molar-refractivity contribution is 5.99. The minimum Gasteiger partial charge on any atom is -0.450 e. The van der Waals surface area contributed by atoms with Crippen LogP contribution in [0.1, 0.15) is 55.9 Å². The fourth-order valence-electron chi connectivity index (χ4n) is 4.72. The van der Waals surface area contributed by atoms with Crippen LogP contribution in [0.4, 0.5) is 0 Å². The maximum Gasteiger partial charge on any atom is 0.289 e. The molecule has 2 fully saturated rings. The van der Waals surface area contributed by atoms with E-state index in [1.54, 1.807) is 11.1 Å². The van der Waals surface area contributed by atoms with Gasteiger partial charge in [-0.2, -0.15) is 0 Å². The number of hydrogen-bond acceptors (Lipinski definition) is 6. The summed E-state index contributed by atoms with van der Waals surface area (Å²) >= 11 is 0. The van der Waals surface area contributed by atoms with E-state index in [0.717, 1.165) is 28.5 Å². The summed E-state index contributed by atoms with van der Waals surface area (Å²) in [5.41, 5.74) is 3.86. The third-order valence-corrected chi connectivity index (χ3v) is 6.72. The minimum absolute atomic E-state index is 0.0339. The van der Waals surface area contributed by atoms with Crippen molar-refractivity contribution in [2.75, 3.05) is 39.4 Å². The number of nitrogens with zero attached hydrogens (tertiary/aromatic N) is 4. The van der Waals surface area contributed by atoms with Crippen LogP contribution >= 0.6 is 0 Å². The molecular weight excluding hydrogens is 420 g/mol. The molecule has 2 aromatic heterocycles. The lowest BCUT2D eigenvalue weighted by Gasteiger charge is -2.27. The molecule has 0 N–H and O–H groups in total. The fraction of sp³-hybridized carbons (Fsp3) is 0.440. The van der Waals surface area contributed by atoms with Gasteiger partial charge in [0.1, 0.15) is 11.4 Å². The Kier molecular flexibility index (Phi) is 5.62. The van der Waals surface area contributed by atoms with Gasteiger partial charge in [-0.25, -0.2) is 9.97 Å². The summed E-state index contributed by atoms with van der Waals surface area (Å²) < 4.78 is 11.3. The molecule has 0 spiro atoms. The number of amides is 2. The summed E-state index contributed by atoms with van der Waals surface area (Å²) in [7, 11) is 0. The second-order valence-electron chi connectivity index (χ2n) is 8.88. The molecule has 4 heterocycles. The first-order valence-corrected chi connectivity index (χ1v) is 11.4. The zero-order valence-corrected chi connectivity index (χ0v) is 19.3. The van der Waals surface area contributed by atoms with E-state index in [2.05, 4.69) is 9.97 Å². The number of carbonyl (C=O) groups excluding carboxylic acids is 2. The fourth-order valence-corrected chi connectivity index (χ4v) is 4.72. The predicted molar refractivity (Wildman–Crippen MR) is 122 cm³/mol. The number of rotatable bonds is 3. The van der Waals surface area contributed by atoms with Crippen LogP contribution in [0.5, 0.6) is 0 Å². The monoisotopic (exact) mass is 448 g/mol. The molecule has 2 aliphatic rings. The van der Waals surface area contributed by atoms with E-state index < -0.39 is 0 Å². The summed E-state index contributed by atoms with van der Waals surface area (Å²) in [5.74, 6) is 0.969. The molecule has 2 aliphatic heterocycles. The van der Waals surface area contributed by atoms with E-state index >= 15 is 0 Å². The van der Waals surface area contributed by atoms with Gasteiger partial charge in [-0.15, -0.1) is 0 Å². The van der Waals surface area contributed by atoms with E-state index in [-0.39, 0.29) is 17.7 Å². The highest BCUT2D eigenvalue weighted by Gasteiger charge is 2.33. The summed E-state index contributed by atoms with van der Waals surface area (Å²) in [6, 6.07) is 5.95. The van der Waals surface area contributed by atoms with Crippen molar-refractivity contribution < 1.29 is 18.7 Å². The maximum absolute atomic E-state index is 13.2. The third kappa shape index (κ3) is 3.88. The standard InChI is InChI=1S/C25H28N4O4/c1-15-5-4-6-19-16(2)22(33-21(15)19)25(31)29-8-7-18(14-29)23-26-13-20(17(3)27-23)24(30)28-9-11-32-12-10-28/h4-6,13,18H,7-12,14H2,1-3H3/t18-/m1/s1. The first kappa shape index (κ1) is 21.6. The van der Waals surface area contributed by atoms with E-state index in [1.165, 1.54) is 0 Å². The first-order valence-electron chi connectivity index (χ1n) is 11.4. The number of fused-ring (bicyclic) bond motifs is 1. The van der Waals surface area contributed by atoms with Gasteiger partial charge in [0.15, 0.2) is 5.76 Å². The van der Waals surface area contributed by atoms with E-state index in [0.29, 0.717) is 62.2 Å². The van der Waals surface area contributed by atoms with E-state index in [4.69, 9.17) is 9.15 Å². The number of benzene rings is 1. The summed E-state index contributed by atoms with van der Waals surface area (Å²) in [4.78, 5) is 38.8. The van der Waals surface area contributed by atoms with Crippen molar-refractivity contribution in [1.82, 2.24) is 19.8 Å². The molecule has 2 amide bonds. The minimum atomic E-state index is -0.0959.